The summed E-state index contributed by atoms with van der Waals surface area (Å²) in [6.45, 7) is 2.22. The van der Waals surface area contributed by atoms with Crippen molar-refractivity contribution in [3.8, 4) is 0 Å². The molecule has 6 nitrogen and oxygen atoms in total. The molecule has 1 saturated heterocycles. The molecule has 2 aromatic heterocycles. The summed E-state index contributed by atoms with van der Waals surface area (Å²) in [5.41, 5.74) is 1.78. The van der Waals surface area contributed by atoms with E-state index in [1.165, 1.54) is 9.75 Å². The lowest BCUT2D eigenvalue weighted by Gasteiger charge is -2.22. The molecule has 0 aromatic carbocycles. The molecule has 30 heavy (non-hydrogen) atoms. The van der Waals surface area contributed by atoms with Crippen LogP contribution >= 0.6 is 22.7 Å². The van der Waals surface area contributed by atoms with Crippen molar-refractivity contribution in [2.75, 3.05) is 38.7 Å². The van der Waals surface area contributed by atoms with Crippen molar-refractivity contribution < 1.29 is 14.3 Å². The first-order chi connectivity index (χ1) is 14.7. The lowest BCUT2D eigenvalue weighted by molar-refractivity contribution is -0.117. The highest BCUT2D eigenvalue weighted by molar-refractivity contribution is 7.17. The molecule has 1 fully saturated rings. The molecule has 8 heteroatoms. The van der Waals surface area contributed by atoms with Crippen molar-refractivity contribution in [1.29, 1.82) is 0 Å². The lowest BCUT2D eigenvalue weighted by Crippen LogP contribution is -2.33. The molecule has 0 bridgehead atoms. The predicted octanol–water partition coefficient (Wildman–Crippen LogP) is 3.84. The molecule has 0 saturated carbocycles. The zero-order valence-corrected chi connectivity index (χ0v) is 19.0. The number of anilines is 1. The van der Waals surface area contributed by atoms with Crippen LogP contribution in [0.5, 0.6) is 0 Å². The fraction of sp³-hybridized carbons (Fsp3) is 0.545. The van der Waals surface area contributed by atoms with Gasteiger partial charge in [0.1, 0.15) is 5.00 Å². The van der Waals surface area contributed by atoms with Gasteiger partial charge in [-0.15, -0.1) is 22.7 Å². The molecule has 1 unspecified atom stereocenters. The Bertz CT molecular complexity index is 879. The van der Waals surface area contributed by atoms with Gasteiger partial charge in [0.2, 0.25) is 5.91 Å². The van der Waals surface area contributed by atoms with Crippen LogP contribution in [0.4, 0.5) is 5.00 Å². The molecule has 2 N–H and O–H groups in total. The van der Waals surface area contributed by atoms with Crippen LogP contribution in [0.15, 0.2) is 17.5 Å². The van der Waals surface area contributed by atoms with Gasteiger partial charge in [0.25, 0.3) is 5.91 Å². The van der Waals surface area contributed by atoms with Crippen LogP contribution in [-0.2, 0) is 22.4 Å². The Morgan fingerprint density at radius 1 is 1.27 bits per heavy atom. The number of fused-ring (bicyclic) bond motifs is 1. The Morgan fingerprint density at radius 3 is 2.93 bits per heavy atom. The average Bonchev–Trinajstić information content (AvgIpc) is 3.47. The number of aryl methyl sites for hydroxylation is 1. The number of ether oxygens (including phenoxy) is 1. The van der Waals surface area contributed by atoms with E-state index >= 15 is 0 Å². The van der Waals surface area contributed by atoms with Gasteiger partial charge in [-0.1, -0.05) is 6.07 Å². The fourth-order valence-corrected chi connectivity index (χ4v) is 6.62. The lowest BCUT2D eigenvalue weighted by atomic mass is 9.95. The van der Waals surface area contributed by atoms with Crippen LogP contribution in [0.3, 0.4) is 0 Å². The number of nitrogens with zero attached hydrogens (tertiary/aromatic N) is 1. The smallest absolute Gasteiger partial charge is 0.254 e. The second kappa shape index (κ2) is 10.0. The normalized spacial score (nSPS) is 18.9. The number of amides is 2. The highest BCUT2D eigenvalue weighted by Crippen LogP contribution is 2.38. The van der Waals surface area contributed by atoms with Crippen LogP contribution in [0.1, 0.15) is 57.4 Å². The van der Waals surface area contributed by atoms with Crippen molar-refractivity contribution in [1.82, 2.24) is 10.2 Å². The molecular weight excluding hydrogens is 418 g/mol. The van der Waals surface area contributed by atoms with Gasteiger partial charge >= 0.3 is 0 Å². The van der Waals surface area contributed by atoms with Gasteiger partial charge < -0.3 is 15.4 Å². The van der Waals surface area contributed by atoms with Crippen LogP contribution < -0.4 is 10.6 Å². The number of rotatable bonds is 8. The van der Waals surface area contributed by atoms with E-state index < -0.39 is 0 Å². The molecule has 3 heterocycles. The summed E-state index contributed by atoms with van der Waals surface area (Å²) in [4.78, 5) is 30.6. The SMILES string of the molecule is COCCNC(=O)c1c(NC(=O)CN2CCCC2c2cccs2)sc2c1CCCC2. The second-order valence-electron chi connectivity index (χ2n) is 7.86. The van der Waals surface area contributed by atoms with E-state index in [4.69, 9.17) is 4.74 Å². The molecule has 2 amide bonds. The first-order valence-electron chi connectivity index (χ1n) is 10.7. The van der Waals surface area contributed by atoms with Crippen molar-refractivity contribution in [3.05, 3.63) is 38.4 Å². The van der Waals surface area contributed by atoms with Crippen molar-refractivity contribution in [3.63, 3.8) is 0 Å². The van der Waals surface area contributed by atoms with Gasteiger partial charge in [0.15, 0.2) is 0 Å². The maximum absolute atomic E-state index is 12.9. The molecule has 1 atom stereocenters. The quantitative estimate of drug-likeness (QED) is 0.603. The number of thiophene rings is 2. The van der Waals surface area contributed by atoms with Gasteiger partial charge in [-0.25, -0.2) is 0 Å². The number of carbonyl (C=O) groups is 2. The standard InChI is InChI=1S/C22H29N3O3S2/c1-28-12-10-23-21(27)20-15-6-2-3-8-17(15)30-22(20)24-19(26)14-25-11-4-7-16(25)18-9-5-13-29-18/h5,9,13,16H,2-4,6-8,10-12,14H2,1H3,(H,23,27)(H,24,26). The summed E-state index contributed by atoms with van der Waals surface area (Å²) in [5.74, 6) is -0.151. The van der Waals surface area contributed by atoms with Gasteiger partial charge in [-0.2, -0.15) is 0 Å². The monoisotopic (exact) mass is 447 g/mol. The topological polar surface area (TPSA) is 70.7 Å². The van der Waals surface area contributed by atoms with Crippen molar-refractivity contribution in [2.24, 2.45) is 0 Å². The van der Waals surface area contributed by atoms with E-state index in [0.717, 1.165) is 50.6 Å². The molecule has 1 aliphatic heterocycles. The summed E-state index contributed by atoms with van der Waals surface area (Å²) >= 11 is 3.33. The van der Waals surface area contributed by atoms with E-state index in [1.54, 1.807) is 29.8 Å². The maximum Gasteiger partial charge on any atom is 0.254 e. The average molecular weight is 448 g/mol. The Labute approximate surface area is 185 Å². The van der Waals surface area contributed by atoms with Crippen molar-refractivity contribution in [2.45, 2.75) is 44.6 Å². The largest absolute Gasteiger partial charge is 0.383 e. The van der Waals surface area contributed by atoms with E-state index in [2.05, 4.69) is 33.0 Å². The fourth-order valence-electron chi connectivity index (χ4n) is 4.42. The molecule has 0 spiro atoms. The summed E-state index contributed by atoms with van der Waals surface area (Å²) in [7, 11) is 1.62. The van der Waals surface area contributed by atoms with Crippen LogP contribution in [0.25, 0.3) is 0 Å². The number of carbonyl (C=O) groups excluding carboxylic acids is 2. The molecule has 1 aliphatic carbocycles. The van der Waals surface area contributed by atoms with E-state index in [9.17, 15) is 9.59 Å². The molecule has 0 radical (unpaired) electrons. The molecule has 2 aromatic rings. The number of hydrogen-bond acceptors (Lipinski definition) is 6. The Balaban J connectivity index is 1.47. The molecule has 162 valence electrons. The minimum absolute atomic E-state index is 0.0389. The predicted molar refractivity (Wildman–Crippen MR) is 122 cm³/mol. The first-order valence-corrected chi connectivity index (χ1v) is 12.4. The van der Waals surface area contributed by atoms with Crippen molar-refractivity contribution >= 4 is 39.5 Å². The molecule has 4 rings (SSSR count). The Hall–Kier alpha value is -1.74. The third-order valence-electron chi connectivity index (χ3n) is 5.83. The zero-order chi connectivity index (χ0) is 20.9. The highest BCUT2D eigenvalue weighted by atomic mass is 32.1. The number of hydrogen-bond donors (Lipinski definition) is 2. The van der Waals surface area contributed by atoms with Crippen LogP contribution in [0.2, 0.25) is 0 Å². The summed E-state index contributed by atoms with van der Waals surface area (Å²) in [6.07, 6.45) is 6.32. The van der Waals surface area contributed by atoms with Gasteiger partial charge in [0.05, 0.1) is 18.7 Å². The first kappa shape index (κ1) is 21.5. The zero-order valence-electron chi connectivity index (χ0n) is 17.4. The summed E-state index contributed by atoms with van der Waals surface area (Å²) < 4.78 is 5.05. The highest BCUT2D eigenvalue weighted by Gasteiger charge is 2.30. The second-order valence-corrected chi connectivity index (χ2v) is 9.94. The Morgan fingerprint density at radius 2 is 2.13 bits per heavy atom. The third kappa shape index (κ3) is 4.77. The third-order valence-corrected chi connectivity index (χ3v) is 8.01. The van der Waals surface area contributed by atoms with Crippen LogP contribution in [-0.4, -0.2) is 50.1 Å². The molecule has 2 aliphatic rings. The van der Waals surface area contributed by atoms with Gasteiger partial charge in [0, 0.05) is 29.5 Å². The maximum atomic E-state index is 12.9. The number of likely N-dealkylation sites (tertiary alicyclic amines) is 1. The van der Waals surface area contributed by atoms with Gasteiger partial charge in [-0.05, 0) is 62.1 Å². The minimum atomic E-state index is -0.112. The van der Waals surface area contributed by atoms with E-state index in [1.807, 2.05) is 0 Å². The van der Waals surface area contributed by atoms with Crippen LogP contribution in [0, 0.1) is 0 Å². The number of nitrogens with one attached hydrogen (secondary N) is 2. The number of methoxy groups -OCH3 is 1. The summed E-state index contributed by atoms with van der Waals surface area (Å²) in [5, 5.41) is 8.81. The van der Waals surface area contributed by atoms with E-state index in [0.29, 0.717) is 36.3 Å². The minimum Gasteiger partial charge on any atom is -0.383 e. The molecular formula is C22H29N3O3S2. The van der Waals surface area contributed by atoms with Gasteiger partial charge in [-0.3, -0.25) is 14.5 Å². The van der Waals surface area contributed by atoms with E-state index in [-0.39, 0.29) is 11.8 Å². The Kier molecular flexibility index (Phi) is 7.20. The summed E-state index contributed by atoms with van der Waals surface area (Å²) in [6, 6.07) is 4.55.